The van der Waals surface area contributed by atoms with E-state index in [1.165, 1.54) is 13.8 Å². The highest BCUT2D eigenvalue weighted by Gasteiger charge is 2.38. The minimum absolute atomic E-state index is 0.404. The SMILES string of the molecule is C#CC(CCC)NC(=O)C(C)(C)S(C)(=O)=O. The van der Waals surface area contributed by atoms with Gasteiger partial charge in [-0.15, -0.1) is 6.42 Å². The van der Waals surface area contributed by atoms with Crippen molar-refractivity contribution in [3.05, 3.63) is 0 Å². The normalized spacial score (nSPS) is 13.9. The van der Waals surface area contributed by atoms with E-state index in [4.69, 9.17) is 6.42 Å². The maximum absolute atomic E-state index is 11.8. The molecule has 1 atom stereocenters. The lowest BCUT2D eigenvalue weighted by atomic mass is 10.1. The Hall–Kier alpha value is -1.02. The second-order valence-electron chi connectivity index (χ2n) is 4.26. The zero-order chi connectivity index (χ0) is 13.0. The Bertz CT molecular complexity index is 390. The van der Waals surface area contributed by atoms with Gasteiger partial charge < -0.3 is 5.32 Å². The minimum atomic E-state index is -3.45. The van der Waals surface area contributed by atoms with Gasteiger partial charge in [-0.05, 0) is 20.3 Å². The fourth-order valence-corrected chi connectivity index (χ4v) is 1.38. The summed E-state index contributed by atoms with van der Waals surface area (Å²) in [5, 5.41) is 2.56. The van der Waals surface area contributed by atoms with Gasteiger partial charge >= 0.3 is 0 Å². The molecule has 0 saturated heterocycles. The van der Waals surface area contributed by atoms with Gasteiger partial charge in [0.15, 0.2) is 9.84 Å². The smallest absolute Gasteiger partial charge is 0.241 e. The molecule has 0 aromatic rings. The van der Waals surface area contributed by atoms with Crippen molar-refractivity contribution in [1.29, 1.82) is 0 Å². The number of nitrogens with one attached hydrogen (secondary N) is 1. The summed E-state index contributed by atoms with van der Waals surface area (Å²) in [5.41, 5.74) is 0. The molecule has 0 spiro atoms. The van der Waals surface area contributed by atoms with E-state index in [-0.39, 0.29) is 0 Å². The van der Waals surface area contributed by atoms with Crippen LogP contribution in [0.4, 0.5) is 0 Å². The van der Waals surface area contributed by atoms with Crippen molar-refractivity contribution in [3.8, 4) is 12.3 Å². The molecule has 0 fully saturated rings. The van der Waals surface area contributed by atoms with E-state index in [1.54, 1.807) is 0 Å². The highest BCUT2D eigenvalue weighted by Crippen LogP contribution is 2.15. The molecular formula is C11H19NO3S. The molecule has 0 bridgehead atoms. The molecule has 5 heteroatoms. The molecule has 16 heavy (non-hydrogen) atoms. The van der Waals surface area contributed by atoms with Crippen LogP contribution in [0.15, 0.2) is 0 Å². The van der Waals surface area contributed by atoms with Crippen molar-refractivity contribution in [2.24, 2.45) is 0 Å². The lowest BCUT2D eigenvalue weighted by Gasteiger charge is -2.23. The van der Waals surface area contributed by atoms with E-state index in [1.807, 2.05) is 6.92 Å². The van der Waals surface area contributed by atoms with E-state index in [2.05, 4.69) is 11.2 Å². The van der Waals surface area contributed by atoms with Gasteiger partial charge in [0.25, 0.3) is 0 Å². The first kappa shape index (κ1) is 15.0. The summed E-state index contributed by atoms with van der Waals surface area (Å²) in [4.78, 5) is 11.8. The van der Waals surface area contributed by atoms with E-state index in [9.17, 15) is 13.2 Å². The van der Waals surface area contributed by atoms with Gasteiger partial charge in [0.1, 0.15) is 4.75 Å². The first-order valence-electron chi connectivity index (χ1n) is 5.13. The Morgan fingerprint density at radius 2 is 2.00 bits per heavy atom. The zero-order valence-corrected chi connectivity index (χ0v) is 11.0. The fraction of sp³-hybridized carbons (Fsp3) is 0.727. The summed E-state index contributed by atoms with van der Waals surface area (Å²) >= 11 is 0. The number of carbonyl (C=O) groups excluding carboxylic acids is 1. The van der Waals surface area contributed by atoms with Crippen molar-refractivity contribution >= 4 is 15.7 Å². The van der Waals surface area contributed by atoms with Gasteiger partial charge in [-0.2, -0.15) is 0 Å². The van der Waals surface area contributed by atoms with Crippen LogP contribution in [0.3, 0.4) is 0 Å². The molecule has 1 unspecified atom stereocenters. The third kappa shape index (κ3) is 3.53. The van der Waals surface area contributed by atoms with E-state index < -0.39 is 26.5 Å². The van der Waals surface area contributed by atoms with E-state index >= 15 is 0 Å². The standard InChI is InChI=1S/C11H19NO3S/c1-6-8-9(7-2)12-10(13)11(3,4)16(5,14)15/h2,9H,6,8H2,1,3-5H3,(H,12,13). The maximum Gasteiger partial charge on any atom is 0.241 e. The van der Waals surface area contributed by atoms with E-state index in [0.29, 0.717) is 6.42 Å². The Balaban J connectivity index is 4.78. The molecule has 0 aliphatic rings. The number of terminal acetylenes is 1. The monoisotopic (exact) mass is 245 g/mol. The Morgan fingerprint density at radius 3 is 2.31 bits per heavy atom. The molecule has 1 amide bonds. The summed E-state index contributed by atoms with van der Waals surface area (Å²) < 4.78 is 21.4. The highest BCUT2D eigenvalue weighted by atomic mass is 32.2. The molecule has 0 heterocycles. The molecule has 0 aromatic heterocycles. The van der Waals surface area contributed by atoms with Gasteiger partial charge in [0.2, 0.25) is 5.91 Å². The van der Waals surface area contributed by atoms with Gasteiger partial charge in [-0.25, -0.2) is 8.42 Å². The molecule has 0 aliphatic carbocycles. The Morgan fingerprint density at radius 1 is 1.50 bits per heavy atom. The molecule has 0 aliphatic heterocycles. The molecule has 92 valence electrons. The minimum Gasteiger partial charge on any atom is -0.341 e. The maximum atomic E-state index is 11.8. The van der Waals surface area contributed by atoms with Crippen LogP contribution in [0.1, 0.15) is 33.6 Å². The summed E-state index contributed by atoms with van der Waals surface area (Å²) in [7, 11) is -3.45. The van der Waals surface area contributed by atoms with Crippen LogP contribution in [-0.2, 0) is 14.6 Å². The average molecular weight is 245 g/mol. The van der Waals surface area contributed by atoms with Gasteiger partial charge in [-0.1, -0.05) is 19.3 Å². The molecule has 1 N–H and O–H groups in total. The van der Waals surface area contributed by atoms with E-state index in [0.717, 1.165) is 12.7 Å². The highest BCUT2D eigenvalue weighted by molar-refractivity contribution is 7.92. The number of hydrogen-bond donors (Lipinski definition) is 1. The summed E-state index contributed by atoms with van der Waals surface area (Å²) in [6.45, 7) is 4.69. The fourth-order valence-electron chi connectivity index (χ4n) is 0.986. The number of rotatable bonds is 5. The summed E-state index contributed by atoms with van der Waals surface area (Å²) in [6, 6.07) is -0.404. The molecule has 4 nitrogen and oxygen atoms in total. The quantitative estimate of drug-likeness (QED) is 0.726. The van der Waals surface area contributed by atoms with Crippen molar-refractivity contribution in [3.63, 3.8) is 0 Å². The van der Waals surface area contributed by atoms with Crippen molar-refractivity contribution < 1.29 is 13.2 Å². The number of carbonyl (C=O) groups is 1. The number of amides is 1. The predicted molar refractivity (Wildman–Crippen MR) is 64.6 cm³/mol. The zero-order valence-electron chi connectivity index (χ0n) is 10.2. The van der Waals surface area contributed by atoms with Gasteiger partial charge in [-0.3, -0.25) is 4.79 Å². The third-order valence-corrected chi connectivity index (χ3v) is 4.60. The van der Waals surface area contributed by atoms with Crippen molar-refractivity contribution in [2.45, 2.75) is 44.4 Å². The van der Waals surface area contributed by atoms with Gasteiger partial charge in [0.05, 0.1) is 6.04 Å². The Kier molecular flexibility index (Phi) is 5.01. The molecule has 0 rings (SSSR count). The van der Waals surface area contributed by atoms with Crippen LogP contribution in [0.5, 0.6) is 0 Å². The topological polar surface area (TPSA) is 63.2 Å². The summed E-state index contributed by atoms with van der Waals surface area (Å²) in [6.07, 6.45) is 7.75. The van der Waals surface area contributed by atoms with Crippen LogP contribution in [0.25, 0.3) is 0 Å². The number of hydrogen-bond acceptors (Lipinski definition) is 3. The second kappa shape index (κ2) is 5.35. The summed E-state index contributed by atoms with van der Waals surface area (Å²) in [5.74, 6) is 1.88. The first-order chi connectivity index (χ1) is 7.16. The largest absolute Gasteiger partial charge is 0.341 e. The van der Waals surface area contributed by atoms with Crippen LogP contribution >= 0.6 is 0 Å². The first-order valence-corrected chi connectivity index (χ1v) is 7.02. The molecular weight excluding hydrogens is 226 g/mol. The third-order valence-electron chi connectivity index (χ3n) is 2.56. The Labute approximate surface area is 97.7 Å². The number of sulfone groups is 1. The lowest BCUT2D eigenvalue weighted by Crippen LogP contribution is -2.50. The average Bonchev–Trinajstić information content (AvgIpc) is 2.15. The van der Waals surface area contributed by atoms with Gasteiger partial charge in [0, 0.05) is 6.26 Å². The second-order valence-corrected chi connectivity index (χ2v) is 6.83. The predicted octanol–water partition coefficient (Wildman–Crippen LogP) is 0.728. The van der Waals surface area contributed by atoms with Crippen LogP contribution in [-0.4, -0.2) is 31.4 Å². The van der Waals surface area contributed by atoms with Crippen LogP contribution in [0.2, 0.25) is 0 Å². The molecule has 0 radical (unpaired) electrons. The van der Waals surface area contributed by atoms with Crippen LogP contribution in [0, 0.1) is 12.3 Å². The molecule has 0 saturated carbocycles. The molecule has 0 aromatic carbocycles. The van der Waals surface area contributed by atoms with Crippen LogP contribution < -0.4 is 5.32 Å². The lowest BCUT2D eigenvalue weighted by molar-refractivity contribution is -0.123. The van der Waals surface area contributed by atoms with Crippen molar-refractivity contribution in [2.75, 3.05) is 6.26 Å². The van der Waals surface area contributed by atoms with Crippen molar-refractivity contribution in [1.82, 2.24) is 5.32 Å².